The molecule has 1 heterocycles. The number of benzene rings is 1. The Bertz CT molecular complexity index is 535. The zero-order chi connectivity index (χ0) is 12.1. The molecule has 2 aromatic rings. The molecule has 0 aliphatic heterocycles. The summed E-state index contributed by atoms with van der Waals surface area (Å²) in [7, 11) is 0. The van der Waals surface area contributed by atoms with Crippen LogP contribution in [0, 0.1) is 0 Å². The number of aromatic nitrogens is 2. The van der Waals surface area contributed by atoms with Crippen molar-refractivity contribution < 1.29 is 5.11 Å². The SMILES string of the molecule is O=c1cc(CCO)cnn1Cc1ccccc1. The monoisotopic (exact) mass is 230 g/mol. The van der Waals surface area contributed by atoms with E-state index in [1.54, 1.807) is 6.20 Å². The normalized spacial score (nSPS) is 10.4. The van der Waals surface area contributed by atoms with Gasteiger partial charge in [-0.25, -0.2) is 4.68 Å². The van der Waals surface area contributed by atoms with Crippen molar-refractivity contribution in [2.24, 2.45) is 0 Å². The molecule has 0 amide bonds. The first kappa shape index (κ1) is 11.5. The number of hydrogen-bond acceptors (Lipinski definition) is 3. The zero-order valence-corrected chi connectivity index (χ0v) is 9.41. The van der Waals surface area contributed by atoms with Gasteiger partial charge < -0.3 is 5.11 Å². The summed E-state index contributed by atoms with van der Waals surface area (Å²) in [5, 5.41) is 12.9. The van der Waals surface area contributed by atoms with E-state index in [1.165, 1.54) is 10.7 Å². The summed E-state index contributed by atoms with van der Waals surface area (Å²) < 4.78 is 1.41. The van der Waals surface area contributed by atoms with Crippen LogP contribution in [0.25, 0.3) is 0 Å². The van der Waals surface area contributed by atoms with Gasteiger partial charge in [0.2, 0.25) is 0 Å². The molecule has 0 saturated carbocycles. The highest BCUT2D eigenvalue weighted by atomic mass is 16.3. The average molecular weight is 230 g/mol. The maximum Gasteiger partial charge on any atom is 0.267 e. The molecule has 4 heteroatoms. The predicted octanol–water partition coefficient (Wildman–Crippen LogP) is 0.826. The van der Waals surface area contributed by atoms with Gasteiger partial charge in [0.15, 0.2) is 0 Å². The molecule has 0 saturated heterocycles. The molecule has 0 unspecified atom stereocenters. The minimum absolute atomic E-state index is 0.0316. The Morgan fingerprint density at radius 3 is 2.59 bits per heavy atom. The molecule has 88 valence electrons. The molecule has 2 rings (SSSR count). The quantitative estimate of drug-likeness (QED) is 0.846. The number of nitrogens with zero attached hydrogens (tertiary/aromatic N) is 2. The predicted molar refractivity (Wildman–Crippen MR) is 64.8 cm³/mol. The molecule has 0 fully saturated rings. The summed E-state index contributed by atoms with van der Waals surface area (Å²) >= 11 is 0. The Kier molecular flexibility index (Phi) is 3.67. The summed E-state index contributed by atoms with van der Waals surface area (Å²) in [4.78, 5) is 11.7. The van der Waals surface area contributed by atoms with Crippen LogP contribution < -0.4 is 5.56 Å². The van der Waals surface area contributed by atoms with Crippen molar-refractivity contribution >= 4 is 0 Å². The van der Waals surface area contributed by atoms with Gasteiger partial charge in [-0.1, -0.05) is 30.3 Å². The fourth-order valence-electron chi connectivity index (χ4n) is 1.61. The Balaban J connectivity index is 2.20. The molecule has 1 aromatic heterocycles. The highest BCUT2D eigenvalue weighted by molar-refractivity contribution is 5.15. The van der Waals surface area contributed by atoms with Crippen molar-refractivity contribution in [3.63, 3.8) is 0 Å². The van der Waals surface area contributed by atoms with Gasteiger partial charge in [-0.3, -0.25) is 4.79 Å². The molecule has 1 N–H and O–H groups in total. The molecule has 0 bridgehead atoms. The molecule has 0 spiro atoms. The summed E-state index contributed by atoms with van der Waals surface area (Å²) in [5.74, 6) is 0. The van der Waals surface area contributed by atoms with Crippen LogP contribution in [0.5, 0.6) is 0 Å². The summed E-state index contributed by atoms with van der Waals surface area (Å²) in [6, 6.07) is 11.2. The van der Waals surface area contributed by atoms with Crippen LogP contribution in [0.2, 0.25) is 0 Å². The van der Waals surface area contributed by atoms with Gasteiger partial charge in [0.25, 0.3) is 5.56 Å². The lowest BCUT2D eigenvalue weighted by atomic mass is 10.2. The maximum atomic E-state index is 11.7. The summed E-state index contributed by atoms with van der Waals surface area (Å²) in [6.45, 7) is 0.503. The van der Waals surface area contributed by atoms with Crippen molar-refractivity contribution in [3.05, 3.63) is 64.1 Å². The first-order valence-electron chi connectivity index (χ1n) is 5.50. The van der Waals surface area contributed by atoms with Crippen LogP contribution in [0.15, 0.2) is 47.4 Å². The Labute approximate surface area is 99.2 Å². The van der Waals surface area contributed by atoms with Crippen LogP contribution in [0.4, 0.5) is 0 Å². The highest BCUT2D eigenvalue weighted by Crippen LogP contribution is 2.00. The van der Waals surface area contributed by atoms with E-state index in [4.69, 9.17) is 5.11 Å². The van der Waals surface area contributed by atoms with Gasteiger partial charge in [-0.05, 0) is 17.5 Å². The van der Waals surface area contributed by atoms with Crippen molar-refractivity contribution in [2.45, 2.75) is 13.0 Å². The zero-order valence-electron chi connectivity index (χ0n) is 9.41. The van der Waals surface area contributed by atoms with Gasteiger partial charge in [0.05, 0.1) is 12.7 Å². The molecule has 4 nitrogen and oxygen atoms in total. The summed E-state index contributed by atoms with van der Waals surface area (Å²) in [5.41, 5.74) is 1.67. The van der Waals surface area contributed by atoms with E-state index >= 15 is 0 Å². The van der Waals surface area contributed by atoms with Crippen LogP contribution in [0.3, 0.4) is 0 Å². The van der Waals surface area contributed by atoms with Crippen LogP contribution >= 0.6 is 0 Å². The molecule has 17 heavy (non-hydrogen) atoms. The van der Waals surface area contributed by atoms with E-state index in [0.717, 1.165) is 11.1 Å². The second-order valence-electron chi connectivity index (χ2n) is 3.82. The smallest absolute Gasteiger partial charge is 0.267 e. The second-order valence-corrected chi connectivity index (χ2v) is 3.82. The van der Waals surface area contributed by atoms with E-state index in [-0.39, 0.29) is 12.2 Å². The highest BCUT2D eigenvalue weighted by Gasteiger charge is 2.00. The van der Waals surface area contributed by atoms with E-state index in [9.17, 15) is 4.79 Å². The van der Waals surface area contributed by atoms with E-state index in [1.807, 2.05) is 30.3 Å². The maximum absolute atomic E-state index is 11.7. The minimum atomic E-state index is -0.139. The Morgan fingerprint density at radius 2 is 1.94 bits per heavy atom. The molecule has 0 radical (unpaired) electrons. The van der Waals surface area contributed by atoms with Gasteiger partial charge in [-0.15, -0.1) is 0 Å². The van der Waals surface area contributed by atoms with Crippen LogP contribution in [0.1, 0.15) is 11.1 Å². The van der Waals surface area contributed by atoms with Crippen molar-refractivity contribution in [1.29, 1.82) is 0 Å². The molecule has 0 aliphatic rings. The first-order valence-corrected chi connectivity index (χ1v) is 5.50. The minimum Gasteiger partial charge on any atom is -0.396 e. The lowest BCUT2D eigenvalue weighted by Crippen LogP contribution is -2.23. The third kappa shape index (κ3) is 3.01. The third-order valence-corrected chi connectivity index (χ3v) is 2.50. The first-order chi connectivity index (χ1) is 8.29. The Hall–Kier alpha value is -1.94. The standard InChI is InChI=1S/C13H14N2O2/c16-7-6-12-8-13(17)15(14-9-12)10-11-4-2-1-3-5-11/h1-5,8-9,16H,6-7,10H2. The third-order valence-electron chi connectivity index (χ3n) is 2.50. The van der Waals surface area contributed by atoms with Crippen molar-refractivity contribution in [2.75, 3.05) is 6.61 Å². The fourth-order valence-corrected chi connectivity index (χ4v) is 1.61. The van der Waals surface area contributed by atoms with Gasteiger partial charge in [-0.2, -0.15) is 5.10 Å². The molecule has 0 atom stereocenters. The summed E-state index contributed by atoms with van der Waals surface area (Å²) in [6.07, 6.45) is 2.09. The average Bonchev–Trinajstić information content (AvgIpc) is 2.34. The number of aliphatic hydroxyl groups is 1. The molecular weight excluding hydrogens is 216 g/mol. The largest absolute Gasteiger partial charge is 0.396 e. The number of hydrogen-bond donors (Lipinski definition) is 1. The number of aliphatic hydroxyl groups excluding tert-OH is 1. The van der Waals surface area contributed by atoms with Crippen LogP contribution in [-0.4, -0.2) is 21.5 Å². The van der Waals surface area contributed by atoms with Crippen LogP contribution in [-0.2, 0) is 13.0 Å². The van der Waals surface area contributed by atoms with Crippen molar-refractivity contribution in [3.8, 4) is 0 Å². The van der Waals surface area contributed by atoms with Gasteiger partial charge in [0, 0.05) is 12.7 Å². The fraction of sp³-hybridized carbons (Fsp3) is 0.231. The van der Waals surface area contributed by atoms with E-state index < -0.39 is 0 Å². The molecule has 1 aromatic carbocycles. The van der Waals surface area contributed by atoms with Crippen molar-refractivity contribution in [1.82, 2.24) is 9.78 Å². The van der Waals surface area contributed by atoms with E-state index in [0.29, 0.717) is 13.0 Å². The molecule has 0 aliphatic carbocycles. The Morgan fingerprint density at radius 1 is 1.18 bits per heavy atom. The van der Waals surface area contributed by atoms with E-state index in [2.05, 4.69) is 5.10 Å². The lowest BCUT2D eigenvalue weighted by molar-refractivity contribution is 0.299. The molecular formula is C13H14N2O2. The lowest BCUT2D eigenvalue weighted by Gasteiger charge is -2.05. The topological polar surface area (TPSA) is 55.1 Å². The second kappa shape index (κ2) is 5.41. The van der Waals surface area contributed by atoms with Gasteiger partial charge in [0.1, 0.15) is 0 Å². The number of rotatable bonds is 4. The van der Waals surface area contributed by atoms with Gasteiger partial charge >= 0.3 is 0 Å².